The molecule has 1 unspecified atom stereocenters. The van der Waals surface area contributed by atoms with Crippen LogP contribution in [0.25, 0.3) is 38.8 Å². The Morgan fingerprint density at radius 3 is 2.17 bits per heavy atom. The van der Waals surface area contributed by atoms with Gasteiger partial charge in [-0.05, 0) is 68.8 Å². The van der Waals surface area contributed by atoms with Gasteiger partial charge in [0.2, 0.25) is 5.60 Å². The molecule has 1 aliphatic heterocycles. The van der Waals surface area contributed by atoms with E-state index in [2.05, 4.69) is 71.0 Å². The minimum atomic E-state index is -1.51. The number of carbonyl (C=O) groups excluding carboxylic acids is 1. The Morgan fingerprint density at radius 1 is 0.804 bits per heavy atom. The van der Waals surface area contributed by atoms with Crippen LogP contribution in [0.15, 0.2) is 103 Å². The van der Waals surface area contributed by atoms with E-state index < -0.39 is 11.6 Å². The van der Waals surface area contributed by atoms with E-state index >= 15 is 0 Å². The van der Waals surface area contributed by atoms with Gasteiger partial charge in [-0.15, -0.1) is 0 Å². The van der Waals surface area contributed by atoms with Crippen molar-refractivity contribution in [3.8, 4) is 11.1 Å². The number of aryl methyl sites for hydroxylation is 1. The molecule has 0 N–H and O–H groups in total. The third kappa shape index (κ3) is 3.94. The Labute approximate surface area is 271 Å². The van der Waals surface area contributed by atoms with Gasteiger partial charge in [-0.1, -0.05) is 72.3 Å². The van der Waals surface area contributed by atoms with Crippen LogP contribution >= 0.6 is 11.6 Å². The fourth-order valence-electron chi connectivity index (χ4n) is 7.13. The number of halogens is 1. The van der Waals surface area contributed by atoms with E-state index in [0.29, 0.717) is 27.3 Å². The van der Waals surface area contributed by atoms with Gasteiger partial charge < -0.3 is 14.2 Å². The quantitative estimate of drug-likeness (QED) is 0.166. The van der Waals surface area contributed by atoms with Gasteiger partial charge in [0.25, 0.3) is 0 Å². The molecule has 0 aliphatic carbocycles. The van der Waals surface area contributed by atoms with Crippen LogP contribution < -0.4 is 4.90 Å². The van der Waals surface area contributed by atoms with Crippen molar-refractivity contribution in [2.75, 3.05) is 18.0 Å². The molecule has 0 fully saturated rings. The highest BCUT2D eigenvalue weighted by Crippen LogP contribution is 2.52. The van der Waals surface area contributed by atoms with E-state index in [4.69, 9.17) is 26.3 Å². The number of imidazole rings is 1. The first-order chi connectivity index (χ1) is 22.5. The number of nitrogens with zero attached hydrogens (tertiary/aromatic N) is 5. The van der Waals surface area contributed by atoms with Crippen LogP contribution in [0.5, 0.6) is 0 Å². The lowest BCUT2D eigenvalue weighted by Crippen LogP contribution is -2.33. The molecule has 46 heavy (non-hydrogen) atoms. The monoisotopic (exact) mass is 625 g/mol. The summed E-state index contributed by atoms with van der Waals surface area (Å²) in [5, 5.41) is 0.480. The number of cyclic esters (lactones) is 1. The Morgan fingerprint density at radius 2 is 1.48 bits per heavy atom. The molecule has 0 radical (unpaired) electrons. The van der Waals surface area contributed by atoms with Gasteiger partial charge in [0, 0.05) is 36.4 Å². The second-order valence-corrected chi connectivity index (χ2v) is 11.9. The SMILES string of the molecule is CCN(CC)c1ccc(C2(c3c(-c4ccccc4)cc4n(CC)c5ccccc5n34)OC(=O)c3nc4ccccc4nc32)c(Cl)c1. The Kier molecular flexibility index (Phi) is 6.62. The zero-order valence-electron chi connectivity index (χ0n) is 25.9. The molecule has 8 heteroatoms. The zero-order valence-corrected chi connectivity index (χ0v) is 26.6. The molecule has 0 saturated heterocycles. The smallest absolute Gasteiger partial charge is 0.360 e. The number of carbonyl (C=O) groups is 1. The van der Waals surface area contributed by atoms with Crippen molar-refractivity contribution in [3.05, 3.63) is 131 Å². The predicted octanol–water partition coefficient (Wildman–Crippen LogP) is 8.49. The molecular weight excluding hydrogens is 594 g/mol. The first kappa shape index (κ1) is 28.3. The Hall–Kier alpha value is -5.14. The number of esters is 1. The number of para-hydroxylation sites is 4. The molecule has 4 heterocycles. The van der Waals surface area contributed by atoms with Crippen molar-refractivity contribution in [3.63, 3.8) is 0 Å². The van der Waals surface area contributed by atoms with Crippen molar-refractivity contribution in [2.45, 2.75) is 32.9 Å². The maximum absolute atomic E-state index is 14.1. The average molecular weight is 626 g/mol. The molecule has 1 atom stereocenters. The maximum atomic E-state index is 14.1. The highest BCUT2D eigenvalue weighted by atomic mass is 35.5. The average Bonchev–Trinajstić information content (AvgIpc) is 3.72. The highest BCUT2D eigenvalue weighted by molar-refractivity contribution is 6.32. The third-order valence-electron chi connectivity index (χ3n) is 9.21. The van der Waals surface area contributed by atoms with E-state index in [-0.39, 0.29) is 5.69 Å². The van der Waals surface area contributed by atoms with Crippen LogP contribution in [0.4, 0.5) is 5.69 Å². The van der Waals surface area contributed by atoms with Gasteiger partial charge in [0.15, 0.2) is 5.69 Å². The Bertz CT molecular complexity index is 2300. The van der Waals surface area contributed by atoms with Crippen LogP contribution in [-0.4, -0.2) is 38.0 Å². The summed E-state index contributed by atoms with van der Waals surface area (Å²) in [6, 6.07) is 34.3. The van der Waals surface area contributed by atoms with Crippen molar-refractivity contribution < 1.29 is 9.53 Å². The summed E-state index contributed by atoms with van der Waals surface area (Å²) < 4.78 is 11.2. The van der Waals surface area contributed by atoms with E-state index in [1.165, 1.54) is 0 Å². The van der Waals surface area contributed by atoms with E-state index in [1.54, 1.807) is 0 Å². The molecule has 7 nitrogen and oxygen atoms in total. The lowest BCUT2D eigenvalue weighted by Gasteiger charge is -2.31. The molecule has 0 spiro atoms. The predicted molar refractivity (Wildman–Crippen MR) is 184 cm³/mol. The first-order valence-electron chi connectivity index (χ1n) is 15.7. The molecule has 7 aromatic rings. The van der Waals surface area contributed by atoms with Gasteiger partial charge >= 0.3 is 5.97 Å². The van der Waals surface area contributed by atoms with Gasteiger partial charge in [0.05, 0.1) is 32.8 Å². The number of rotatable bonds is 7. The van der Waals surface area contributed by atoms with E-state index in [9.17, 15) is 4.79 Å². The minimum absolute atomic E-state index is 0.191. The van der Waals surface area contributed by atoms with E-state index in [1.807, 2.05) is 66.7 Å². The summed E-state index contributed by atoms with van der Waals surface area (Å²) in [6.45, 7) is 8.80. The van der Waals surface area contributed by atoms with Crippen molar-refractivity contribution in [1.29, 1.82) is 0 Å². The number of anilines is 1. The lowest BCUT2D eigenvalue weighted by molar-refractivity contribution is 0.0229. The summed E-state index contributed by atoms with van der Waals surface area (Å²) in [7, 11) is 0. The second kappa shape index (κ2) is 10.7. The molecule has 4 aromatic carbocycles. The van der Waals surface area contributed by atoms with Crippen LogP contribution in [0.2, 0.25) is 5.02 Å². The fourth-order valence-corrected chi connectivity index (χ4v) is 7.44. The van der Waals surface area contributed by atoms with Gasteiger partial charge in [-0.25, -0.2) is 14.8 Å². The van der Waals surface area contributed by atoms with E-state index in [0.717, 1.165) is 58.8 Å². The standard InChI is InChI=1S/C38H32ClN5O2/c1-4-42(5-2)25-20-21-27(28(39)22-25)38(35-34(37(45)46-38)40-29-16-10-11-17-30(29)41-35)36-26(24-14-8-7-9-15-24)23-33-43(6-3)31-18-12-13-19-32(31)44(33)36/h7-23H,4-6H2,1-3H3. The molecule has 0 saturated carbocycles. The van der Waals surface area contributed by atoms with Crippen LogP contribution in [-0.2, 0) is 16.9 Å². The van der Waals surface area contributed by atoms with Crippen molar-refractivity contribution in [1.82, 2.24) is 18.9 Å². The van der Waals surface area contributed by atoms with Crippen LogP contribution in [0.1, 0.15) is 48.2 Å². The molecule has 228 valence electrons. The number of benzene rings is 4. The molecule has 0 bridgehead atoms. The lowest BCUT2D eigenvalue weighted by atomic mass is 9.83. The van der Waals surface area contributed by atoms with Gasteiger partial charge in [-0.2, -0.15) is 0 Å². The summed E-state index contributed by atoms with van der Waals surface area (Å²) in [5.74, 6) is -0.537. The topological polar surface area (TPSA) is 64.7 Å². The summed E-state index contributed by atoms with van der Waals surface area (Å²) in [6.07, 6.45) is 0. The number of ether oxygens (including phenoxy) is 1. The molecule has 8 rings (SSSR count). The first-order valence-corrected chi connectivity index (χ1v) is 16.1. The number of hydrogen-bond donors (Lipinski definition) is 0. The maximum Gasteiger partial charge on any atom is 0.360 e. The normalized spacial score (nSPS) is 16.0. The minimum Gasteiger partial charge on any atom is -0.436 e. The molecule has 1 aliphatic rings. The van der Waals surface area contributed by atoms with Gasteiger partial charge in [-0.3, -0.25) is 4.40 Å². The fraction of sp³-hybridized carbons (Fsp3) is 0.184. The summed E-state index contributed by atoms with van der Waals surface area (Å²) in [4.78, 5) is 26.3. The molecular formula is C38H32ClN5O2. The van der Waals surface area contributed by atoms with Crippen molar-refractivity contribution in [2.24, 2.45) is 0 Å². The summed E-state index contributed by atoms with van der Waals surface area (Å²) in [5.41, 5.74) is 7.74. The van der Waals surface area contributed by atoms with Crippen molar-refractivity contribution >= 4 is 51.0 Å². The number of hydrogen-bond acceptors (Lipinski definition) is 5. The molecule has 3 aromatic heterocycles. The Balaban J connectivity index is 1.57. The van der Waals surface area contributed by atoms with Gasteiger partial charge in [0.1, 0.15) is 11.3 Å². The number of fused-ring (bicyclic) bond motifs is 5. The third-order valence-corrected chi connectivity index (χ3v) is 9.52. The largest absolute Gasteiger partial charge is 0.436 e. The second-order valence-electron chi connectivity index (χ2n) is 11.5. The van der Waals surface area contributed by atoms with Crippen LogP contribution in [0.3, 0.4) is 0 Å². The highest BCUT2D eigenvalue weighted by Gasteiger charge is 2.55. The zero-order chi connectivity index (χ0) is 31.6. The number of aromatic nitrogens is 4. The van der Waals surface area contributed by atoms with Crippen LogP contribution in [0, 0.1) is 0 Å². The summed E-state index contributed by atoms with van der Waals surface area (Å²) >= 11 is 7.33. The molecule has 0 amide bonds.